The quantitative estimate of drug-likeness (QED) is 0.0208. The van der Waals surface area contributed by atoms with Crippen LogP contribution in [0.4, 0.5) is 0 Å². The topological polar surface area (TPSA) is 422 Å². The van der Waals surface area contributed by atoms with Crippen molar-refractivity contribution in [2.75, 3.05) is 19.8 Å². The van der Waals surface area contributed by atoms with E-state index in [1.54, 1.807) is 18.2 Å². The maximum Gasteiger partial charge on any atom is 0.247 e. The van der Waals surface area contributed by atoms with E-state index in [4.69, 9.17) is 37.9 Å². The van der Waals surface area contributed by atoms with E-state index < -0.39 is 172 Å². The maximum absolute atomic E-state index is 12.7. The first kappa shape index (κ1) is 59.7. The fourth-order valence-corrected chi connectivity index (χ4v) is 7.83. The number of aliphatic hydroxyl groups is 10. The van der Waals surface area contributed by atoms with Crippen LogP contribution in [0.2, 0.25) is 0 Å². The first-order valence-electron chi connectivity index (χ1n) is 23.3. The predicted octanol–water partition coefficient (Wildman–Crippen LogP) is -6.37. The van der Waals surface area contributed by atoms with Gasteiger partial charge in [0.15, 0.2) is 25.2 Å². The smallest absolute Gasteiger partial charge is 0.247 e. The largest absolute Gasteiger partial charge is 0.394 e. The van der Waals surface area contributed by atoms with E-state index >= 15 is 0 Å². The number of amides is 5. The molecule has 0 aliphatic carbocycles. The molecule has 28 heteroatoms. The Labute approximate surface area is 408 Å². The number of aliphatic hydroxyl groups excluding tert-OH is 10. The molecule has 15 N–H and O–H groups in total. The van der Waals surface area contributed by atoms with E-state index in [0.29, 0.717) is 25.7 Å². The van der Waals surface area contributed by atoms with Gasteiger partial charge in [-0.2, -0.15) is 0 Å². The van der Waals surface area contributed by atoms with Crippen molar-refractivity contribution in [3.8, 4) is 0 Å². The Bertz CT molecular complexity index is 1770. The molecule has 406 valence electrons. The second kappa shape index (κ2) is 29.1. The summed E-state index contributed by atoms with van der Waals surface area (Å²) in [6.07, 6.45) is -23.4. The van der Waals surface area contributed by atoms with Crippen LogP contribution < -0.4 is 27.0 Å². The van der Waals surface area contributed by atoms with Crippen LogP contribution >= 0.6 is 0 Å². The second-order valence-corrected chi connectivity index (χ2v) is 17.4. The van der Waals surface area contributed by atoms with Gasteiger partial charge in [-0.05, 0) is 40.0 Å². The van der Waals surface area contributed by atoms with Crippen LogP contribution in [0.5, 0.6) is 0 Å². The Kier molecular flexibility index (Phi) is 24.5. The molecule has 4 rings (SSSR count). The molecule has 4 aliphatic heterocycles. The fraction of sp³-hybridized carbons (Fsp3) is 0.791. The van der Waals surface area contributed by atoms with Crippen LogP contribution in [0.1, 0.15) is 72.6 Å². The van der Waals surface area contributed by atoms with E-state index in [9.17, 15) is 75.0 Å². The zero-order chi connectivity index (χ0) is 52.5. The fourth-order valence-electron chi connectivity index (χ4n) is 7.83. The number of rotatable bonds is 22. The van der Waals surface area contributed by atoms with Gasteiger partial charge in [0.1, 0.15) is 91.8 Å². The Hall–Kier alpha value is -3.89. The maximum atomic E-state index is 12.7. The van der Waals surface area contributed by atoms with Gasteiger partial charge >= 0.3 is 0 Å². The van der Waals surface area contributed by atoms with Crippen molar-refractivity contribution in [3.63, 3.8) is 0 Å². The van der Waals surface area contributed by atoms with E-state index in [-0.39, 0.29) is 19.4 Å². The Balaban J connectivity index is 1.32. The zero-order valence-corrected chi connectivity index (χ0v) is 39.7. The molecule has 28 nitrogen and oxygen atoms in total. The first-order chi connectivity index (χ1) is 33.7. The number of ether oxygens (including phenoxy) is 8. The molecule has 0 bridgehead atoms. The molecule has 0 spiro atoms. The lowest BCUT2D eigenvalue weighted by atomic mass is 9.94. The molecular weight excluding hydrogens is 954 g/mol. The van der Waals surface area contributed by atoms with Crippen molar-refractivity contribution in [1.29, 1.82) is 0 Å². The van der Waals surface area contributed by atoms with E-state index in [1.165, 1.54) is 13.8 Å². The molecule has 0 aromatic rings. The summed E-state index contributed by atoms with van der Waals surface area (Å²) in [5.74, 6) is -3.41. The summed E-state index contributed by atoms with van der Waals surface area (Å²) in [6, 6.07) is -1.59. The molecule has 71 heavy (non-hydrogen) atoms. The average molecular weight is 1030 g/mol. The number of hydrogen-bond donors (Lipinski definition) is 15. The van der Waals surface area contributed by atoms with Crippen molar-refractivity contribution in [1.82, 2.24) is 27.0 Å². The second-order valence-electron chi connectivity index (χ2n) is 17.4. The van der Waals surface area contributed by atoms with Crippen LogP contribution in [-0.4, -0.2) is 223 Å². The lowest BCUT2D eigenvalue weighted by Crippen LogP contribution is -2.70. The molecule has 20 atom stereocenters. The molecular formula is C43H71N5O23. The third-order valence-electron chi connectivity index (χ3n) is 11.8. The number of carbonyl (C=O) groups is 5. The molecule has 4 aliphatic rings. The van der Waals surface area contributed by atoms with Gasteiger partial charge in [-0.3, -0.25) is 45.7 Å². The first-order valence-corrected chi connectivity index (χ1v) is 23.3. The monoisotopic (exact) mass is 1030 g/mol. The molecule has 0 radical (unpaired) electrons. The molecule has 8 unspecified atom stereocenters. The van der Waals surface area contributed by atoms with E-state index in [1.807, 2.05) is 13.0 Å². The number of hydrogen-bond acceptors (Lipinski definition) is 23. The van der Waals surface area contributed by atoms with Crippen LogP contribution in [-0.2, 0) is 61.9 Å². The minimum atomic E-state index is -1.97. The van der Waals surface area contributed by atoms with Crippen molar-refractivity contribution in [2.45, 2.75) is 195 Å². The summed E-state index contributed by atoms with van der Waals surface area (Å²) in [4.78, 5) is 60.8. The highest BCUT2D eigenvalue weighted by Crippen LogP contribution is 2.35. The standard InChI is InChI=1S/C43H71N5O23/c1-5-6-7-8-10-13-24(52)45-47-26(54)16-27(55)48-46-25(53)14-11-9-12-15-64-41-36(63)38(30(57)20(3)65-41)70-40-28(44-21(4)51)37(32(59)23(18-50)67-40)69-43-39(34(61)31(58)22(17-49)68-43)71-42-35(62)33(60)29(56)19(2)66-42/h5-8,19-20,22-23,28-43,49-50,56-63H,9-18H2,1-4H3,(H,44,51)(H,45,52)(H,46,53)(H,47,54)(H,48,55)/b6-5+,8-7+/t19?,20?,22?,23-,28?,29+,30+,31+,32-,33-,34+,35?,36?,37?,38-,39?,40-,41-,42+,43+/m1/s1. The Morgan fingerprint density at radius 2 is 1.10 bits per heavy atom. The molecule has 5 amide bonds. The summed E-state index contributed by atoms with van der Waals surface area (Å²) in [6.45, 7) is 3.94. The van der Waals surface area contributed by atoms with Gasteiger partial charge < -0.3 is 94.3 Å². The SMILES string of the molecule is C/C=C/C=C/CCC(=O)NNC(=O)CC(=O)NNC(=O)CCCCCO[C@@H]1OC(C)[C@H](O)[C@@H](O[C@H]2O[C@H](CO)[C@@H](O)C(O[C@@H]3OC(CO)[C@H](O)[C@H](O)C3O[C@@H]3OC(C)[C@H](O)[C@@H](O)C3O)C2NC(C)=O)C1O. The number of nitrogens with one attached hydrogen (secondary N) is 5. The minimum absolute atomic E-state index is 0.0291. The summed E-state index contributed by atoms with van der Waals surface area (Å²) in [5, 5.41) is 110. The average Bonchev–Trinajstić information content (AvgIpc) is 3.33. The molecule has 4 fully saturated rings. The summed E-state index contributed by atoms with van der Waals surface area (Å²) >= 11 is 0. The van der Waals surface area contributed by atoms with Gasteiger partial charge in [0, 0.05) is 26.4 Å². The number of carbonyl (C=O) groups excluding carboxylic acids is 5. The van der Waals surface area contributed by atoms with Gasteiger partial charge in [-0.1, -0.05) is 30.7 Å². The molecule has 4 saturated heterocycles. The van der Waals surface area contributed by atoms with E-state index in [2.05, 4.69) is 27.0 Å². The lowest BCUT2D eigenvalue weighted by molar-refractivity contribution is -0.386. The third kappa shape index (κ3) is 17.1. The normalized spacial score (nSPS) is 37.6. The summed E-state index contributed by atoms with van der Waals surface area (Å²) < 4.78 is 46.5. The van der Waals surface area contributed by atoms with Crippen LogP contribution in [0.15, 0.2) is 24.3 Å². The highest BCUT2D eigenvalue weighted by molar-refractivity contribution is 5.98. The number of allylic oxidation sites excluding steroid dienone is 4. The summed E-state index contributed by atoms with van der Waals surface area (Å²) in [7, 11) is 0. The van der Waals surface area contributed by atoms with Gasteiger partial charge in [0.25, 0.3) is 0 Å². The van der Waals surface area contributed by atoms with Gasteiger partial charge in [0.05, 0.1) is 25.4 Å². The highest BCUT2D eigenvalue weighted by Gasteiger charge is 2.56. The zero-order valence-electron chi connectivity index (χ0n) is 39.7. The predicted molar refractivity (Wildman–Crippen MR) is 235 cm³/mol. The molecule has 0 aromatic heterocycles. The van der Waals surface area contributed by atoms with Gasteiger partial charge in [-0.25, -0.2) is 0 Å². The van der Waals surface area contributed by atoms with Crippen LogP contribution in [0.3, 0.4) is 0 Å². The minimum Gasteiger partial charge on any atom is -0.394 e. The number of hydrazine groups is 2. The third-order valence-corrected chi connectivity index (χ3v) is 11.8. The van der Waals surface area contributed by atoms with Crippen LogP contribution in [0.25, 0.3) is 0 Å². The lowest BCUT2D eigenvalue weighted by Gasteiger charge is -2.50. The van der Waals surface area contributed by atoms with Crippen molar-refractivity contribution >= 4 is 29.5 Å². The van der Waals surface area contributed by atoms with Crippen molar-refractivity contribution < 1.29 is 113 Å². The molecule has 4 heterocycles. The number of unbranched alkanes of at least 4 members (excludes halogenated alkanes) is 2. The highest BCUT2D eigenvalue weighted by atomic mass is 16.8. The van der Waals surface area contributed by atoms with Crippen LogP contribution in [0, 0.1) is 0 Å². The van der Waals surface area contributed by atoms with E-state index in [0.717, 1.165) is 6.92 Å². The Morgan fingerprint density at radius 3 is 1.73 bits per heavy atom. The molecule has 0 aromatic carbocycles. The van der Waals surface area contributed by atoms with Gasteiger partial charge in [0.2, 0.25) is 29.5 Å². The van der Waals surface area contributed by atoms with Crippen molar-refractivity contribution in [2.24, 2.45) is 0 Å². The van der Waals surface area contributed by atoms with Gasteiger partial charge in [-0.15, -0.1) is 0 Å². The Morgan fingerprint density at radius 1 is 0.535 bits per heavy atom. The van der Waals surface area contributed by atoms with Crippen molar-refractivity contribution in [3.05, 3.63) is 24.3 Å². The summed E-state index contributed by atoms with van der Waals surface area (Å²) in [5.41, 5.74) is 8.61. The molecule has 0 saturated carbocycles.